The van der Waals surface area contributed by atoms with Crippen LogP contribution in [0.1, 0.15) is 38.8 Å². The highest BCUT2D eigenvalue weighted by Crippen LogP contribution is 2.25. The number of thioether (sulfide) groups is 1. The molecule has 2 nitrogen and oxygen atoms in total. The maximum Gasteiger partial charge on any atom is 0.157 e. The molecule has 1 aliphatic rings. The number of hydrogen-bond donors (Lipinski definition) is 1. The molecule has 0 amide bonds. The summed E-state index contributed by atoms with van der Waals surface area (Å²) in [5, 5.41) is 8.88. The number of nitrogens with zero attached hydrogens (tertiary/aromatic N) is 1. The van der Waals surface area contributed by atoms with E-state index in [0.29, 0.717) is 0 Å². The minimum absolute atomic E-state index is 0.193. The van der Waals surface area contributed by atoms with Crippen LogP contribution in [-0.4, -0.2) is 16.5 Å². The van der Waals surface area contributed by atoms with Crippen molar-refractivity contribution in [3.05, 3.63) is 22.4 Å². The predicted octanol–water partition coefficient (Wildman–Crippen LogP) is 3.67. The average molecular weight is 254 g/mol. The number of amidine groups is 1. The van der Waals surface area contributed by atoms with Crippen LogP contribution in [0.2, 0.25) is 0 Å². The van der Waals surface area contributed by atoms with E-state index in [1.54, 1.807) is 11.3 Å². The summed E-state index contributed by atoms with van der Waals surface area (Å²) in [6.45, 7) is 6.62. The van der Waals surface area contributed by atoms with Gasteiger partial charge in [-0.05, 0) is 49.6 Å². The maximum absolute atomic E-state index is 4.75. The van der Waals surface area contributed by atoms with Crippen molar-refractivity contribution in [2.75, 3.05) is 5.75 Å². The van der Waals surface area contributed by atoms with E-state index in [2.05, 4.69) is 42.9 Å². The molecule has 0 spiro atoms. The van der Waals surface area contributed by atoms with E-state index in [9.17, 15) is 0 Å². The van der Waals surface area contributed by atoms with Gasteiger partial charge < -0.3 is 5.32 Å². The highest BCUT2D eigenvalue weighted by atomic mass is 32.2. The molecule has 0 aliphatic carbocycles. The topological polar surface area (TPSA) is 24.4 Å². The third-order valence-electron chi connectivity index (χ3n) is 2.75. The largest absolute Gasteiger partial charge is 0.360 e. The number of nitrogens with one attached hydrogen (secondary N) is 1. The van der Waals surface area contributed by atoms with Crippen molar-refractivity contribution in [2.45, 2.75) is 38.8 Å². The lowest BCUT2D eigenvalue weighted by atomic mass is 10.0. The molecule has 88 valence electrons. The van der Waals surface area contributed by atoms with E-state index in [1.165, 1.54) is 12.0 Å². The molecule has 1 fully saturated rings. The van der Waals surface area contributed by atoms with Crippen LogP contribution in [0, 0.1) is 0 Å². The van der Waals surface area contributed by atoms with Crippen LogP contribution in [-0.2, 0) is 0 Å². The van der Waals surface area contributed by atoms with Gasteiger partial charge >= 0.3 is 0 Å². The van der Waals surface area contributed by atoms with E-state index < -0.39 is 0 Å². The zero-order chi connectivity index (χ0) is 11.6. The molecule has 0 radical (unpaired) electrons. The Balaban J connectivity index is 2.06. The second-order valence-electron chi connectivity index (χ2n) is 4.77. The summed E-state index contributed by atoms with van der Waals surface area (Å²) in [5.74, 6) is 1.16. The molecule has 2 rings (SSSR count). The minimum Gasteiger partial charge on any atom is -0.360 e. The summed E-state index contributed by atoms with van der Waals surface area (Å²) in [7, 11) is 0. The van der Waals surface area contributed by atoms with Gasteiger partial charge in [0.05, 0.1) is 6.04 Å². The van der Waals surface area contributed by atoms with Crippen molar-refractivity contribution in [1.82, 2.24) is 5.32 Å². The standard InChI is InChI=1S/C12H18N2S2/c1-9(10-4-6-15-8-10)13-11-14-12(2,3)5-7-16-11/h4,6,8-9H,5,7H2,1-3H3,(H,13,14). The van der Waals surface area contributed by atoms with Gasteiger partial charge in [0.25, 0.3) is 0 Å². The molecular formula is C12H18N2S2. The van der Waals surface area contributed by atoms with Crippen LogP contribution in [0.4, 0.5) is 0 Å². The molecule has 4 heteroatoms. The molecule has 1 saturated heterocycles. The van der Waals surface area contributed by atoms with E-state index in [-0.39, 0.29) is 11.6 Å². The quantitative estimate of drug-likeness (QED) is 0.871. The third-order valence-corrected chi connectivity index (χ3v) is 4.34. The molecule has 0 saturated carbocycles. The Morgan fingerprint density at radius 2 is 2.31 bits per heavy atom. The van der Waals surface area contributed by atoms with Crippen LogP contribution in [0.5, 0.6) is 0 Å². The molecule has 16 heavy (non-hydrogen) atoms. The van der Waals surface area contributed by atoms with Crippen LogP contribution in [0.3, 0.4) is 0 Å². The molecule has 0 bridgehead atoms. The molecule has 1 aliphatic heterocycles. The fraction of sp³-hybridized carbons (Fsp3) is 0.583. The van der Waals surface area contributed by atoms with Crippen molar-refractivity contribution < 1.29 is 0 Å². The minimum atomic E-state index is 0.193. The Labute approximate surface area is 106 Å². The summed E-state index contributed by atoms with van der Waals surface area (Å²) >= 11 is 3.57. The van der Waals surface area contributed by atoms with Crippen LogP contribution in [0.15, 0.2) is 21.8 Å². The highest BCUT2D eigenvalue weighted by Gasteiger charge is 2.24. The first-order valence-electron chi connectivity index (χ1n) is 5.58. The first-order valence-corrected chi connectivity index (χ1v) is 7.50. The maximum atomic E-state index is 4.75. The fourth-order valence-electron chi connectivity index (χ4n) is 1.62. The molecule has 1 unspecified atom stereocenters. The lowest BCUT2D eigenvalue weighted by Gasteiger charge is -2.32. The molecule has 1 atom stereocenters. The Bertz CT molecular complexity index is 368. The number of hydrogen-bond acceptors (Lipinski definition) is 3. The van der Waals surface area contributed by atoms with Gasteiger partial charge in [0.15, 0.2) is 5.17 Å². The summed E-state index contributed by atoms with van der Waals surface area (Å²) in [5.41, 5.74) is 1.50. The van der Waals surface area contributed by atoms with E-state index >= 15 is 0 Å². The third kappa shape index (κ3) is 3.01. The van der Waals surface area contributed by atoms with Crippen LogP contribution < -0.4 is 5.32 Å². The Kier molecular flexibility index (Phi) is 3.60. The Hall–Kier alpha value is -0.480. The monoisotopic (exact) mass is 254 g/mol. The van der Waals surface area contributed by atoms with Crippen molar-refractivity contribution in [3.63, 3.8) is 0 Å². The summed E-state index contributed by atoms with van der Waals surface area (Å²) < 4.78 is 0. The lowest BCUT2D eigenvalue weighted by molar-refractivity contribution is 0.445. The molecule has 0 aromatic carbocycles. The summed E-state index contributed by atoms with van der Waals surface area (Å²) in [6.07, 6.45) is 1.20. The van der Waals surface area contributed by atoms with E-state index in [0.717, 1.165) is 10.9 Å². The zero-order valence-electron chi connectivity index (χ0n) is 9.99. The number of rotatable bonds is 2. The molecule has 1 aromatic heterocycles. The van der Waals surface area contributed by atoms with Gasteiger partial charge in [0, 0.05) is 11.3 Å². The Morgan fingerprint density at radius 1 is 1.50 bits per heavy atom. The van der Waals surface area contributed by atoms with Gasteiger partial charge in [-0.15, -0.1) is 0 Å². The molecule has 1 N–H and O–H groups in total. The summed E-state index contributed by atoms with van der Waals surface area (Å²) in [6, 6.07) is 2.41. The van der Waals surface area contributed by atoms with Gasteiger partial charge in [0.1, 0.15) is 0 Å². The van der Waals surface area contributed by atoms with Crippen molar-refractivity contribution in [1.29, 1.82) is 0 Å². The second-order valence-corrected chi connectivity index (χ2v) is 6.64. The van der Waals surface area contributed by atoms with Gasteiger partial charge in [-0.3, -0.25) is 4.99 Å². The zero-order valence-corrected chi connectivity index (χ0v) is 11.6. The number of thiophene rings is 1. The first-order chi connectivity index (χ1) is 7.57. The smallest absolute Gasteiger partial charge is 0.157 e. The van der Waals surface area contributed by atoms with Gasteiger partial charge in [0.2, 0.25) is 0 Å². The predicted molar refractivity (Wildman–Crippen MR) is 74.5 cm³/mol. The molecule has 1 aromatic rings. The highest BCUT2D eigenvalue weighted by molar-refractivity contribution is 8.13. The Morgan fingerprint density at radius 3 is 2.94 bits per heavy atom. The molecular weight excluding hydrogens is 236 g/mol. The summed E-state index contributed by atoms with van der Waals surface area (Å²) in [4.78, 5) is 4.75. The van der Waals surface area contributed by atoms with Crippen LogP contribution >= 0.6 is 23.1 Å². The van der Waals surface area contributed by atoms with Gasteiger partial charge in [-0.2, -0.15) is 11.3 Å². The van der Waals surface area contributed by atoms with E-state index in [1.807, 2.05) is 11.8 Å². The lowest BCUT2D eigenvalue weighted by Crippen LogP contribution is -2.46. The van der Waals surface area contributed by atoms with Gasteiger partial charge in [-0.1, -0.05) is 11.8 Å². The second kappa shape index (κ2) is 4.80. The fourth-order valence-corrected chi connectivity index (χ4v) is 3.76. The van der Waals surface area contributed by atoms with Crippen molar-refractivity contribution >= 4 is 28.3 Å². The number of aliphatic imine (C=N–C) groups is 1. The van der Waals surface area contributed by atoms with Crippen molar-refractivity contribution in [3.8, 4) is 0 Å². The van der Waals surface area contributed by atoms with E-state index in [4.69, 9.17) is 4.99 Å². The van der Waals surface area contributed by atoms with Crippen LogP contribution in [0.25, 0.3) is 0 Å². The van der Waals surface area contributed by atoms with Gasteiger partial charge in [-0.25, -0.2) is 0 Å². The molecule has 2 heterocycles. The van der Waals surface area contributed by atoms with Crippen molar-refractivity contribution in [2.24, 2.45) is 4.99 Å². The first kappa shape index (κ1) is 12.0. The normalized spacial score (nSPS) is 24.1. The SMILES string of the molecule is CC(N=C1NC(C)(C)CCS1)c1ccsc1. The average Bonchev–Trinajstić information content (AvgIpc) is 2.68.